The van der Waals surface area contributed by atoms with Gasteiger partial charge in [0.05, 0.1) is 17.6 Å². The van der Waals surface area contributed by atoms with Gasteiger partial charge in [0.1, 0.15) is 18.2 Å². The van der Waals surface area contributed by atoms with Crippen LogP contribution in [0.4, 0.5) is 0 Å². The van der Waals surface area contributed by atoms with E-state index in [4.69, 9.17) is 9.72 Å². The number of ether oxygens (including phenoxy) is 1. The minimum absolute atomic E-state index is 0.602. The minimum atomic E-state index is 0.602. The van der Waals surface area contributed by atoms with Gasteiger partial charge >= 0.3 is 0 Å². The summed E-state index contributed by atoms with van der Waals surface area (Å²) in [6.07, 6.45) is 0.787. The molecule has 0 bridgehead atoms. The highest BCUT2D eigenvalue weighted by molar-refractivity contribution is 5.76. The number of fused-ring (bicyclic) bond motifs is 1. The molecular weight excluding hydrogens is 380 g/mol. The van der Waals surface area contributed by atoms with Crippen LogP contribution in [-0.2, 0) is 13.0 Å². The molecule has 0 unspecified atom stereocenters. The fraction of sp³-hybridized carbons (Fsp3) is 0.107. The van der Waals surface area contributed by atoms with Crippen LogP contribution in [0.15, 0.2) is 109 Å². The molecule has 3 nitrogen and oxygen atoms in total. The van der Waals surface area contributed by atoms with Crippen LogP contribution < -0.4 is 4.74 Å². The molecule has 0 radical (unpaired) electrons. The van der Waals surface area contributed by atoms with E-state index in [2.05, 4.69) is 71.3 Å². The molecule has 0 saturated heterocycles. The predicted octanol–water partition coefficient (Wildman–Crippen LogP) is 6.37. The molecule has 0 aliphatic carbocycles. The van der Waals surface area contributed by atoms with Gasteiger partial charge in [-0.25, -0.2) is 4.98 Å². The van der Waals surface area contributed by atoms with Crippen LogP contribution in [0, 0.1) is 0 Å². The quantitative estimate of drug-likeness (QED) is 0.315. The van der Waals surface area contributed by atoms with Gasteiger partial charge in [-0.3, -0.25) is 0 Å². The second-order valence-electron chi connectivity index (χ2n) is 7.57. The molecule has 0 saturated carbocycles. The molecule has 4 aromatic carbocycles. The highest BCUT2D eigenvalue weighted by Gasteiger charge is 2.11. The van der Waals surface area contributed by atoms with Crippen LogP contribution in [0.2, 0.25) is 0 Å². The van der Waals surface area contributed by atoms with Crippen LogP contribution in [0.1, 0.15) is 11.4 Å². The highest BCUT2D eigenvalue weighted by atomic mass is 16.5. The van der Waals surface area contributed by atoms with Crippen molar-refractivity contribution in [2.75, 3.05) is 6.61 Å². The van der Waals surface area contributed by atoms with Gasteiger partial charge in [-0.15, -0.1) is 0 Å². The van der Waals surface area contributed by atoms with E-state index in [9.17, 15) is 0 Å². The molecule has 0 fully saturated rings. The number of imidazole rings is 1. The molecule has 0 aliphatic rings. The zero-order valence-electron chi connectivity index (χ0n) is 17.3. The Bertz CT molecular complexity index is 1260. The predicted molar refractivity (Wildman–Crippen MR) is 126 cm³/mol. The third-order valence-electron chi connectivity index (χ3n) is 5.48. The molecule has 1 heterocycles. The molecule has 0 aliphatic heterocycles. The Balaban J connectivity index is 1.37. The van der Waals surface area contributed by atoms with Crippen molar-refractivity contribution in [3.63, 3.8) is 0 Å². The molecule has 0 spiro atoms. The first-order valence-corrected chi connectivity index (χ1v) is 10.6. The Kier molecular flexibility index (Phi) is 5.48. The van der Waals surface area contributed by atoms with E-state index in [-0.39, 0.29) is 0 Å². The summed E-state index contributed by atoms with van der Waals surface area (Å²) >= 11 is 0. The smallest absolute Gasteiger partial charge is 0.119 e. The average Bonchev–Trinajstić information content (AvgIpc) is 3.18. The molecule has 152 valence electrons. The number of hydrogen-bond donors (Lipinski definition) is 0. The van der Waals surface area contributed by atoms with Gasteiger partial charge in [0.15, 0.2) is 0 Å². The Labute approximate surface area is 182 Å². The summed E-state index contributed by atoms with van der Waals surface area (Å²) in [4.78, 5) is 4.92. The lowest BCUT2D eigenvalue weighted by Gasteiger charge is -2.11. The number of rotatable bonds is 7. The number of nitrogens with zero attached hydrogens (tertiary/aromatic N) is 2. The van der Waals surface area contributed by atoms with Crippen molar-refractivity contribution < 1.29 is 4.74 Å². The second kappa shape index (κ2) is 8.88. The van der Waals surface area contributed by atoms with Crippen LogP contribution in [0.5, 0.6) is 5.75 Å². The fourth-order valence-electron chi connectivity index (χ4n) is 3.91. The summed E-state index contributed by atoms with van der Waals surface area (Å²) in [5, 5.41) is 0. The molecule has 5 rings (SSSR count). The van der Waals surface area contributed by atoms with Crippen molar-refractivity contribution in [2.24, 2.45) is 0 Å². The van der Waals surface area contributed by atoms with Crippen molar-refractivity contribution in [3.8, 4) is 16.9 Å². The summed E-state index contributed by atoms with van der Waals surface area (Å²) in [6, 6.07) is 37.5. The van der Waals surface area contributed by atoms with Crippen molar-refractivity contribution in [2.45, 2.75) is 13.0 Å². The number of hydrogen-bond acceptors (Lipinski definition) is 2. The maximum Gasteiger partial charge on any atom is 0.119 e. The third-order valence-corrected chi connectivity index (χ3v) is 5.48. The Morgan fingerprint density at radius 3 is 2.06 bits per heavy atom. The lowest BCUT2D eigenvalue weighted by Crippen LogP contribution is -2.11. The molecule has 0 amide bonds. The monoisotopic (exact) mass is 404 g/mol. The van der Waals surface area contributed by atoms with Gasteiger partial charge in [-0.1, -0.05) is 84.9 Å². The molecule has 3 heteroatoms. The van der Waals surface area contributed by atoms with Gasteiger partial charge in [0, 0.05) is 6.42 Å². The van der Waals surface area contributed by atoms with Crippen molar-refractivity contribution in [1.29, 1.82) is 0 Å². The maximum atomic E-state index is 5.95. The molecule has 5 aromatic rings. The van der Waals surface area contributed by atoms with Crippen molar-refractivity contribution in [1.82, 2.24) is 9.55 Å². The first kappa shape index (κ1) is 19.1. The van der Waals surface area contributed by atoms with E-state index in [0.717, 1.165) is 35.6 Å². The lowest BCUT2D eigenvalue weighted by molar-refractivity contribution is 0.298. The zero-order valence-corrected chi connectivity index (χ0v) is 17.3. The number of aromatic nitrogens is 2. The SMILES string of the molecule is c1ccc(OCCn2c(Cc3ccc(-c4ccccc4)cc3)nc3ccccc32)cc1. The largest absolute Gasteiger partial charge is 0.492 e. The van der Waals surface area contributed by atoms with E-state index in [1.807, 2.05) is 42.5 Å². The molecule has 0 atom stereocenters. The molecular formula is C28H24N2O. The summed E-state index contributed by atoms with van der Waals surface area (Å²) in [5.41, 5.74) is 5.89. The third kappa shape index (κ3) is 4.36. The Morgan fingerprint density at radius 1 is 0.645 bits per heavy atom. The minimum Gasteiger partial charge on any atom is -0.492 e. The van der Waals surface area contributed by atoms with Crippen LogP contribution in [0.25, 0.3) is 22.2 Å². The Hall–Kier alpha value is -3.85. The summed E-state index contributed by atoms with van der Waals surface area (Å²) < 4.78 is 8.23. The van der Waals surface area contributed by atoms with Crippen LogP contribution >= 0.6 is 0 Å². The van der Waals surface area contributed by atoms with Crippen molar-refractivity contribution in [3.05, 3.63) is 121 Å². The highest BCUT2D eigenvalue weighted by Crippen LogP contribution is 2.22. The van der Waals surface area contributed by atoms with E-state index in [1.165, 1.54) is 16.7 Å². The Morgan fingerprint density at radius 2 is 1.29 bits per heavy atom. The molecule has 0 N–H and O–H groups in total. The lowest BCUT2D eigenvalue weighted by atomic mass is 10.0. The van der Waals surface area contributed by atoms with E-state index >= 15 is 0 Å². The van der Waals surface area contributed by atoms with Gasteiger partial charge in [0.25, 0.3) is 0 Å². The fourth-order valence-corrected chi connectivity index (χ4v) is 3.91. The topological polar surface area (TPSA) is 27.1 Å². The summed E-state index contributed by atoms with van der Waals surface area (Å²) in [6.45, 7) is 1.36. The van der Waals surface area contributed by atoms with Gasteiger partial charge in [-0.05, 0) is 41.0 Å². The van der Waals surface area contributed by atoms with Crippen LogP contribution in [-0.4, -0.2) is 16.2 Å². The molecule has 31 heavy (non-hydrogen) atoms. The van der Waals surface area contributed by atoms with E-state index in [0.29, 0.717) is 6.61 Å². The van der Waals surface area contributed by atoms with Crippen LogP contribution in [0.3, 0.4) is 0 Å². The van der Waals surface area contributed by atoms with Gasteiger partial charge in [-0.2, -0.15) is 0 Å². The first-order valence-electron chi connectivity index (χ1n) is 10.6. The maximum absolute atomic E-state index is 5.95. The van der Waals surface area contributed by atoms with Gasteiger partial charge in [0.2, 0.25) is 0 Å². The molecule has 1 aromatic heterocycles. The summed E-state index contributed by atoms with van der Waals surface area (Å²) in [5.74, 6) is 1.95. The first-order chi connectivity index (χ1) is 15.4. The summed E-state index contributed by atoms with van der Waals surface area (Å²) in [7, 11) is 0. The van der Waals surface area contributed by atoms with Crippen molar-refractivity contribution >= 4 is 11.0 Å². The average molecular weight is 405 g/mol. The normalized spacial score (nSPS) is 11.0. The zero-order chi connectivity index (χ0) is 20.9. The van der Waals surface area contributed by atoms with Gasteiger partial charge < -0.3 is 9.30 Å². The van der Waals surface area contributed by atoms with E-state index < -0.39 is 0 Å². The second-order valence-corrected chi connectivity index (χ2v) is 7.57. The number of benzene rings is 4. The van der Waals surface area contributed by atoms with E-state index in [1.54, 1.807) is 0 Å². The standard InChI is InChI=1S/C28H24N2O/c1-3-9-23(10-4-1)24-17-15-22(16-18-24)21-28-29-26-13-7-8-14-27(26)30(28)19-20-31-25-11-5-2-6-12-25/h1-18H,19-21H2. The number of para-hydroxylation sites is 3.